The number of rotatable bonds is 22. The van der Waals surface area contributed by atoms with Gasteiger partial charge in [-0.15, -0.1) is 12.4 Å². The number of ether oxygens (including phenoxy) is 8. The van der Waals surface area contributed by atoms with Gasteiger partial charge in [-0.1, -0.05) is 197 Å². The Morgan fingerprint density at radius 1 is 0.376 bits per heavy atom. The summed E-state index contributed by atoms with van der Waals surface area (Å²) in [5.41, 5.74) is 6.11. The number of hydrogen-bond acceptors (Lipinski definition) is 18. The van der Waals surface area contributed by atoms with Crippen LogP contribution in [0.1, 0.15) is 66.3 Å². The molecule has 1 aliphatic rings. The molecule has 0 radical (unpaired) electrons. The van der Waals surface area contributed by atoms with Crippen molar-refractivity contribution in [2.75, 3.05) is 0 Å². The average Bonchev–Trinajstić information content (AvgIpc) is 0.762. The second-order valence-electron chi connectivity index (χ2n) is 23.6. The van der Waals surface area contributed by atoms with Crippen molar-refractivity contribution in [3.05, 3.63) is 295 Å². The molecule has 10 aromatic carbocycles. The molecule has 0 aliphatic carbocycles. The number of phenolic OH excluding ortho intramolecular Hbond substituents is 2. The Labute approximate surface area is 590 Å². The molecule has 522 valence electrons. The first-order chi connectivity index (χ1) is 47.6. The Morgan fingerprint density at radius 3 is 1.03 bits per heavy atom. The van der Waals surface area contributed by atoms with Gasteiger partial charge in [0.05, 0.1) is 6.10 Å². The molecule has 0 saturated carbocycles. The summed E-state index contributed by atoms with van der Waals surface area (Å²) in [5, 5.41) is 63.9. The van der Waals surface area contributed by atoms with Gasteiger partial charge in [0, 0.05) is 11.1 Å². The van der Waals surface area contributed by atoms with Crippen LogP contribution in [0, 0.1) is 13.8 Å². The fourth-order valence-electron chi connectivity index (χ4n) is 11.1. The monoisotopic (exact) mass is 1390 g/mol. The van der Waals surface area contributed by atoms with Gasteiger partial charge in [0.2, 0.25) is 40.1 Å². The van der Waals surface area contributed by atoms with E-state index in [0.717, 1.165) is 33.4 Å². The second kappa shape index (κ2) is 34.0. The Bertz CT molecular complexity index is 4700. The van der Waals surface area contributed by atoms with Crippen LogP contribution < -0.4 is 44.0 Å². The van der Waals surface area contributed by atoms with Gasteiger partial charge in [-0.05, 0) is 114 Å². The highest BCUT2D eigenvalue weighted by atomic mass is 35.5. The standard InChI is InChI=1S/C43H40O11.C37H30O7.2CH4.ClH/c1-25-18-31(44)35-32(19-25)53-40(42(37(35)46)54-43-39(48)38(47)36(45)26(2)52-43)30-20-33(49-22-27-12-6-3-7-13-27)41(51-24-29-16-10-5-11-17-29)34(21-30)50-23-28-14-8-4-9-15-28;1-24-17-29(38)33-30(18-24)44-36(35(40)34(33)39)28-19-31(41-21-25-11-5-2-6-12-25)37(43-23-27-15-9-4-10-16-27)32(20-28)42-22-26-13-7-3-8-14-26;;;/h3-21,26,36,38-39,43-45,47-48H,22-24H2,1-2H3;2-20,38,40H,21-23H2,1H3;2*1H4;1H/t26-,36-,38+,39+,43-;;;;/m0..../s1. The number of aliphatic hydroxyl groups is 3. The molecule has 13 rings (SSSR count). The van der Waals surface area contributed by atoms with E-state index in [9.17, 15) is 40.2 Å². The van der Waals surface area contributed by atoms with Crippen molar-refractivity contribution in [2.45, 2.75) is 106 Å². The molecule has 19 heteroatoms. The van der Waals surface area contributed by atoms with Crippen molar-refractivity contribution in [1.82, 2.24) is 0 Å². The normalized spacial score (nSPS) is 15.3. The van der Waals surface area contributed by atoms with Crippen LogP contribution in [-0.4, -0.2) is 61.3 Å². The zero-order valence-electron chi connectivity index (χ0n) is 54.1. The molecule has 1 aliphatic heterocycles. The highest BCUT2D eigenvalue weighted by molar-refractivity contribution is 5.89. The Hall–Kier alpha value is -11.3. The van der Waals surface area contributed by atoms with Gasteiger partial charge in [0.1, 0.15) is 91.4 Å². The zero-order chi connectivity index (χ0) is 68.2. The van der Waals surface area contributed by atoms with Gasteiger partial charge < -0.3 is 77.4 Å². The van der Waals surface area contributed by atoms with E-state index >= 15 is 0 Å². The van der Waals surface area contributed by atoms with Crippen LogP contribution in [0.5, 0.6) is 57.5 Å². The molecule has 6 N–H and O–H groups in total. The number of aryl methyl sites for hydroxylation is 2. The van der Waals surface area contributed by atoms with Gasteiger partial charge in [0.15, 0.2) is 34.5 Å². The molecule has 0 spiro atoms. The third-order valence-corrected chi connectivity index (χ3v) is 16.2. The maximum absolute atomic E-state index is 14.3. The summed E-state index contributed by atoms with van der Waals surface area (Å²) in [6.45, 7) is 6.21. The van der Waals surface area contributed by atoms with E-state index in [4.69, 9.17) is 46.7 Å². The average molecular weight is 1390 g/mol. The van der Waals surface area contributed by atoms with Crippen molar-refractivity contribution < 1.29 is 77.4 Å². The molecule has 12 aromatic rings. The molecule has 3 heterocycles. The lowest BCUT2D eigenvalue weighted by atomic mass is 10.00. The Kier molecular flexibility index (Phi) is 24.9. The summed E-state index contributed by atoms with van der Waals surface area (Å²) < 4.78 is 62.5. The lowest BCUT2D eigenvalue weighted by molar-refractivity contribution is -0.268. The lowest BCUT2D eigenvalue weighted by Gasteiger charge is -2.38. The Morgan fingerprint density at radius 2 is 0.683 bits per heavy atom. The van der Waals surface area contributed by atoms with Crippen LogP contribution in [0.3, 0.4) is 0 Å². The SMILES string of the molecule is C.C.Cc1cc(O)c2c(=O)c(O)c(-c3cc(OCc4ccccc4)c(OCc4ccccc4)c(OCc4ccccc4)c3)oc2c1.Cc1cc(O)c2c(=O)c(O[C@@H]3O[C@@H](C)[C@H](O)[C@@H](O)[C@H]3O)c(-c3cc(OCc4ccccc4)c(OCc4ccccc4)c(OCc4ccccc4)c3)oc2c1.Cl. The van der Waals surface area contributed by atoms with Crippen LogP contribution in [0.4, 0.5) is 0 Å². The van der Waals surface area contributed by atoms with Gasteiger partial charge in [0.25, 0.3) is 0 Å². The number of benzene rings is 10. The highest BCUT2D eigenvalue weighted by Gasteiger charge is 2.44. The van der Waals surface area contributed by atoms with Crippen LogP contribution in [0.2, 0.25) is 0 Å². The quantitative estimate of drug-likeness (QED) is 0.0369. The lowest BCUT2D eigenvalue weighted by Crippen LogP contribution is -2.58. The van der Waals surface area contributed by atoms with E-state index in [1.807, 2.05) is 182 Å². The van der Waals surface area contributed by atoms with E-state index in [2.05, 4.69) is 0 Å². The summed E-state index contributed by atoms with van der Waals surface area (Å²) >= 11 is 0. The van der Waals surface area contributed by atoms with Gasteiger partial charge in [-0.3, -0.25) is 9.59 Å². The van der Waals surface area contributed by atoms with E-state index in [0.29, 0.717) is 39.7 Å². The third-order valence-electron chi connectivity index (χ3n) is 16.2. The molecule has 5 atom stereocenters. The number of hydrogen-bond donors (Lipinski definition) is 6. The van der Waals surface area contributed by atoms with Crippen LogP contribution >= 0.6 is 12.4 Å². The molecule has 1 fully saturated rings. The number of halogens is 1. The summed E-state index contributed by atoms with van der Waals surface area (Å²) in [7, 11) is 0. The smallest absolute Gasteiger partial charge is 0.239 e. The predicted octanol–water partition coefficient (Wildman–Crippen LogP) is 16.0. The number of fused-ring (bicyclic) bond motifs is 2. The molecular weight excluding hydrogens is 1310 g/mol. The second-order valence-corrected chi connectivity index (χ2v) is 23.6. The molecule has 18 nitrogen and oxygen atoms in total. The van der Waals surface area contributed by atoms with Crippen molar-refractivity contribution >= 4 is 34.3 Å². The van der Waals surface area contributed by atoms with Gasteiger partial charge in [-0.25, -0.2) is 0 Å². The summed E-state index contributed by atoms with van der Waals surface area (Å²) in [6.07, 6.45) is -7.34. The highest BCUT2D eigenvalue weighted by Crippen LogP contribution is 2.48. The van der Waals surface area contributed by atoms with Crippen LogP contribution in [-0.2, 0) is 44.4 Å². The van der Waals surface area contributed by atoms with Crippen LogP contribution in [0.25, 0.3) is 44.6 Å². The zero-order valence-corrected chi connectivity index (χ0v) is 54.9. The molecule has 0 amide bonds. The minimum absolute atomic E-state index is 0. The minimum atomic E-state index is -1.74. The third kappa shape index (κ3) is 17.6. The Balaban J connectivity index is 0.000000233. The van der Waals surface area contributed by atoms with E-state index in [-0.39, 0.29) is 129 Å². The van der Waals surface area contributed by atoms with Gasteiger partial charge >= 0.3 is 0 Å². The molecule has 0 unspecified atom stereocenters. The molecule has 2 aromatic heterocycles. The fraction of sp³-hybridized carbons (Fsp3) is 0.195. The van der Waals surface area contributed by atoms with Crippen LogP contribution in [0.15, 0.2) is 249 Å². The van der Waals surface area contributed by atoms with E-state index in [1.165, 1.54) is 19.1 Å². The van der Waals surface area contributed by atoms with E-state index < -0.39 is 53.1 Å². The van der Waals surface area contributed by atoms with Crippen molar-refractivity contribution in [3.8, 4) is 80.1 Å². The molecule has 101 heavy (non-hydrogen) atoms. The summed E-state index contributed by atoms with van der Waals surface area (Å²) in [6, 6.07) is 70.5. The van der Waals surface area contributed by atoms with E-state index in [1.54, 1.807) is 50.2 Å². The summed E-state index contributed by atoms with van der Waals surface area (Å²) in [5.74, 6) is -0.0204. The topological polar surface area (TPSA) is 256 Å². The van der Waals surface area contributed by atoms with Crippen molar-refractivity contribution in [2.24, 2.45) is 0 Å². The first kappa shape index (κ1) is 74.0. The maximum atomic E-state index is 14.3. The van der Waals surface area contributed by atoms with Crippen molar-refractivity contribution in [1.29, 1.82) is 0 Å². The molecule has 1 saturated heterocycles. The first-order valence-electron chi connectivity index (χ1n) is 31.7. The van der Waals surface area contributed by atoms with Crippen molar-refractivity contribution in [3.63, 3.8) is 0 Å². The fourth-order valence-corrected chi connectivity index (χ4v) is 11.1. The molecule has 0 bridgehead atoms. The largest absolute Gasteiger partial charge is 0.507 e. The predicted molar refractivity (Wildman–Crippen MR) is 389 cm³/mol. The molecular formula is C82H79ClO18. The number of aromatic hydroxyl groups is 3. The number of aliphatic hydroxyl groups excluding tert-OH is 3. The van der Waals surface area contributed by atoms with Gasteiger partial charge in [-0.2, -0.15) is 0 Å². The maximum Gasteiger partial charge on any atom is 0.239 e. The number of phenols is 2. The first-order valence-corrected chi connectivity index (χ1v) is 31.7. The minimum Gasteiger partial charge on any atom is -0.507 e. The summed E-state index contributed by atoms with van der Waals surface area (Å²) in [4.78, 5) is 27.5.